The van der Waals surface area contributed by atoms with E-state index in [9.17, 15) is 0 Å². The Morgan fingerprint density at radius 2 is 2.00 bits per heavy atom. The topological polar surface area (TPSA) is 0 Å². The first-order valence-electron chi connectivity index (χ1n) is 3.19. The van der Waals surface area contributed by atoms with E-state index in [1.54, 1.807) is 0 Å². The molecule has 0 N–H and O–H groups in total. The van der Waals surface area contributed by atoms with Crippen LogP contribution in [-0.4, -0.2) is 10.5 Å². The summed E-state index contributed by atoms with van der Waals surface area (Å²) in [6.45, 7) is 6.75. The third-order valence-electron chi connectivity index (χ3n) is 1.48. The van der Waals surface area contributed by atoms with Crippen LogP contribution in [0.3, 0.4) is 0 Å². The lowest BCUT2D eigenvalue weighted by atomic mass is 10.4. The summed E-state index contributed by atoms with van der Waals surface area (Å²) in [7, 11) is 0. The quantitative estimate of drug-likeness (QED) is 0.534. The van der Waals surface area contributed by atoms with Crippen LogP contribution in [-0.2, 0) is 0 Å². The molecule has 0 bridgehead atoms. The van der Waals surface area contributed by atoms with Gasteiger partial charge in [-0.25, -0.2) is 0 Å². The van der Waals surface area contributed by atoms with Crippen LogP contribution in [0.15, 0.2) is 10.3 Å². The van der Waals surface area contributed by atoms with Gasteiger partial charge in [0.25, 0.3) is 0 Å². The molecule has 0 amide bonds. The molecule has 1 rings (SSSR count). The maximum atomic E-state index is 2.29. The predicted octanol–water partition coefficient (Wildman–Crippen LogP) is 3.10. The highest BCUT2D eigenvalue weighted by Gasteiger charge is 2.16. The maximum Gasteiger partial charge on any atom is 0.0183 e. The van der Waals surface area contributed by atoms with Crippen molar-refractivity contribution in [1.29, 1.82) is 0 Å². The first-order valence-corrected chi connectivity index (χ1v) is 5.01. The minimum absolute atomic E-state index is 0.790. The highest BCUT2D eigenvalue weighted by atomic mass is 32.2. The van der Waals surface area contributed by atoms with Crippen molar-refractivity contribution in [3.05, 3.63) is 10.3 Å². The van der Waals surface area contributed by atoms with Crippen LogP contribution in [0.1, 0.15) is 20.8 Å². The van der Waals surface area contributed by atoms with E-state index in [1.165, 1.54) is 4.91 Å². The zero-order valence-electron chi connectivity index (χ0n) is 6.05. The van der Waals surface area contributed by atoms with Crippen molar-refractivity contribution in [1.82, 2.24) is 0 Å². The van der Waals surface area contributed by atoms with E-state index in [2.05, 4.69) is 26.2 Å². The van der Waals surface area contributed by atoms with Gasteiger partial charge >= 0.3 is 0 Å². The van der Waals surface area contributed by atoms with Gasteiger partial charge in [-0.1, -0.05) is 13.8 Å². The standard InChI is InChI=1S/C7H12S2/c1-5-4-8-6(2)7(3)9-5/h4,6-7H,1-3H3. The average Bonchev–Trinajstić information content (AvgIpc) is 1.80. The Morgan fingerprint density at radius 1 is 1.33 bits per heavy atom. The Morgan fingerprint density at radius 3 is 2.44 bits per heavy atom. The van der Waals surface area contributed by atoms with Crippen LogP contribution in [0.2, 0.25) is 0 Å². The molecule has 2 heteroatoms. The Labute approximate surface area is 65.5 Å². The van der Waals surface area contributed by atoms with E-state index in [-0.39, 0.29) is 0 Å². The van der Waals surface area contributed by atoms with Gasteiger partial charge in [0.15, 0.2) is 0 Å². The molecule has 9 heavy (non-hydrogen) atoms. The summed E-state index contributed by atoms with van der Waals surface area (Å²) in [5, 5.41) is 3.84. The SMILES string of the molecule is CC1=CSC(C)C(C)S1. The maximum absolute atomic E-state index is 2.29. The third kappa shape index (κ3) is 1.94. The van der Waals surface area contributed by atoms with Gasteiger partial charge in [-0.05, 0) is 17.2 Å². The number of hydrogen-bond acceptors (Lipinski definition) is 2. The second-order valence-corrected chi connectivity index (χ2v) is 5.27. The molecule has 0 aliphatic carbocycles. The van der Waals surface area contributed by atoms with Crippen molar-refractivity contribution >= 4 is 23.5 Å². The van der Waals surface area contributed by atoms with Gasteiger partial charge in [0.05, 0.1) is 0 Å². The lowest BCUT2D eigenvalue weighted by molar-refractivity contribution is 0.930. The molecule has 1 heterocycles. The molecule has 0 nitrogen and oxygen atoms in total. The molecule has 1 aliphatic heterocycles. The van der Waals surface area contributed by atoms with E-state index in [4.69, 9.17) is 0 Å². The Hall–Kier alpha value is 0.440. The molecule has 0 radical (unpaired) electrons. The summed E-state index contributed by atoms with van der Waals surface area (Å²) in [6, 6.07) is 0. The molecule has 1 aliphatic rings. The minimum atomic E-state index is 0.790. The fraction of sp³-hybridized carbons (Fsp3) is 0.714. The smallest absolute Gasteiger partial charge is 0.0183 e. The number of allylic oxidation sites excluding steroid dienone is 1. The normalized spacial score (nSPS) is 36.1. The van der Waals surface area contributed by atoms with Crippen LogP contribution in [0.5, 0.6) is 0 Å². The van der Waals surface area contributed by atoms with E-state index < -0.39 is 0 Å². The van der Waals surface area contributed by atoms with E-state index in [0.717, 1.165) is 10.5 Å². The zero-order chi connectivity index (χ0) is 6.85. The summed E-state index contributed by atoms with van der Waals surface area (Å²) in [5.74, 6) is 0. The third-order valence-corrected chi connectivity index (χ3v) is 4.40. The van der Waals surface area contributed by atoms with E-state index >= 15 is 0 Å². The second-order valence-electron chi connectivity index (χ2n) is 2.39. The fourth-order valence-electron chi connectivity index (χ4n) is 0.731. The Balaban J connectivity index is 2.54. The van der Waals surface area contributed by atoms with Crippen molar-refractivity contribution in [2.45, 2.75) is 31.3 Å². The van der Waals surface area contributed by atoms with Gasteiger partial charge in [0.2, 0.25) is 0 Å². The van der Waals surface area contributed by atoms with Crippen molar-refractivity contribution in [2.24, 2.45) is 0 Å². The summed E-state index contributed by atoms with van der Waals surface area (Å²) in [5.41, 5.74) is 0. The molecule has 0 spiro atoms. The number of rotatable bonds is 0. The molecule has 0 aromatic rings. The van der Waals surface area contributed by atoms with Crippen LogP contribution >= 0.6 is 23.5 Å². The van der Waals surface area contributed by atoms with Gasteiger partial charge in [-0.15, -0.1) is 23.5 Å². The summed E-state index contributed by atoms with van der Waals surface area (Å²) in [6.07, 6.45) is 0. The lowest BCUT2D eigenvalue weighted by Gasteiger charge is -2.22. The molecule has 0 aromatic carbocycles. The summed E-state index contributed by atoms with van der Waals surface area (Å²) < 4.78 is 0. The van der Waals surface area contributed by atoms with Crippen molar-refractivity contribution < 1.29 is 0 Å². The van der Waals surface area contributed by atoms with Crippen molar-refractivity contribution in [2.75, 3.05) is 0 Å². The lowest BCUT2D eigenvalue weighted by Crippen LogP contribution is -2.13. The minimum Gasteiger partial charge on any atom is -0.129 e. The van der Waals surface area contributed by atoms with Gasteiger partial charge in [0.1, 0.15) is 0 Å². The molecule has 0 saturated heterocycles. The van der Waals surface area contributed by atoms with Gasteiger partial charge in [-0.2, -0.15) is 0 Å². The van der Waals surface area contributed by atoms with E-state index in [1.807, 2.05) is 23.5 Å². The zero-order valence-corrected chi connectivity index (χ0v) is 7.68. The van der Waals surface area contributed by atoms with Crippen LogP contribution in [0.25, 0.3) is 0 Å². The highest BCUT2D eigenvalue weighted by Crippen LogP contribution is 2.36. The molecule has 52 valence electrons. The van der Waals surface area contributed by atoms with Gasteiger partial charge < -0.3 is 0 Å². The van der Waals surface area contributed by atoms with E-state index in [0.29, 0.717) is 0 Å². The molecular weight excluding hydrogens is 148 g/mol. The largest absolute Gasteiger partial charge is 0.129 e. The van der Waals surface area contributed by atoms with Crippen LogP contribution in [0.4, 0.5) is 0 Å². The molecular formula is C7H12S2. The molecule has 2 unspecified atom stereocenters. The molecule has 2 atom stereocenters. The molecule has 0 fully saturated rings. The van der Waals surface area contributed by atoms with Gasteiger partial charge in [0, 0.05) is 10.5 Å². The second kappa shape index (κ2) is 3.02. The van der Waals surface area contributed by atoms with Crippen LogP contribution < -0.4 is 0 Å². The summed E-state index contributed by atoms with van der Waals surface area (Å²) >= 11 is 3.94. The number of hydrogen-bond donors (Lipinski definition) is 0. The first kappa shape index (κ1) is 7.55. The van der Waals surface area contributed by atoms with Crippen molar-refractivity contribution in [3.8, 4) is 0 Å². The fourth-order valence-corrected chi connectivity index (χ4v) is 2.88. The van der Waals surface area contributed by atoms with Crippen LogP contribution in [0, 0.1) is 0 Å². The van der Waals surface area contributed by atoms with Crippen molar-refractivity contribution in [3.63, 3.8) is 0 Å². The summed E-state index contributed by atoms with van der Waals surface area (Å²) in [4.78, 5) is 1.46. The monoisotopic (exact) mass is 160 g/mol. The first-order chi connectivity index (χ1) is 4.20. The molecule has 0 aromatic heterocycles. The van der Waals surface area contributed by atoms with Gasteiger partial charge in [-0.3, -0.25) is 0 Å². The Bertz CT molecular complexity index is 129. The Kier molecular flexibility index (Phi) is 2.53. The molecule has 0 saturated carbocycles. The number of thioether (sulfide) groups is 2. The predicted molar refractivity (Wildman–Crippen MR) is 47.9 cm³/mol. The average molecular weight is 160 g/mol. The highest BCUT2D eigenvalue weighted by molar-refractivity contribution is 8.10.